The average Bonchev–Trinajstić information content (AvgIpc) is 3.16. The number of aromatic nitrogens is 1. The summed E-state index contributed by atoms with van der Waals surface area (Å²) < 4.78 is 2.00. The molecule has 1 heterocycles. The van der Waals surface area contributed by atoms with Gasteiger partial charge in [0.05, 0.1) is 18.2 Å². The van der Waals surface area contributed by atoms with E-state index in [0.717, 1.165) is 12.8 Å². The predicted octanol–water partition coefficient (Wildman–Crippen LogP) is 2.42. The van der Waals surface area contributed by atoms with Gasteiger partial charge in [0.15, 0.2) is 0 Å². The molecule has 1 fully saturated rings. The van der Waals surface area contributed by atoms with E-state index in [2.05, 4.69) is 19.9 Å². The molecule has 0 bridgehead atoms. The molecule has 0 radical (unpaired) electrons. The monoisotopic (exact) mass is 274 g/mol. The van der Waals surface area contributed by atoms with Gasteiger partial charge in [0, 0.05) is 25.3 Å². The van der Waals surface area contributed by atoms with E-state index in [1.54, 1.807) is 11.0 Å². The number of rotatable bonds is 6. The van der Waals surface area contributed by atoms with Crippen LogP contribution in [0.15, 0.2) is 12.3 Å². The van der Waals surface area contributed by atoms with Gasteiger partial charge in [0.2, 0.25) is 0 Å². The second-order valence-corrected chi connectivity index (χ2v) is 5.85. The summed E-state index contributed by atoms with van der Waals surface area (Å²) in [6.45, 7) is 5.28. The second-order valence-electron chi connectivity index (χ2n) is 5.85. The summed E-state index contributed by atoms with van der Waals surface area (Å²) in [7, 11) is 0. The highest BCUT2D eigenvalue weighted by Crippen LogP contribution is 2.37. The van der Waals surface area contributed by atoms with Crippen LogP contribution in [0.2, 0.25) is 0 Å². The maximum absolute atomic E-state index is 12.7. The third-order valence-corrected chi connectivity index (χ3v) is 3.40. The molecule has 1 saturated carbocycles. The Bertz CT molecular complexity index is 522. The van der Waals surface area contributed by atoms with Gasteiger partial charge in [-0.15, -0.1) is 0 Å². The minimum Gasteiger partial charge on any atom is -0.397 e. The molecule has 1 amide bonds. The lowest BCUT2D eigenvalue weighted by Gasteiger charge is -2.24. The molecule has 2 N–H and O–H groups in total. The average molecular weight is 274 g/mol. The molecule has 5 heteroatoms. The number of nitrogens with two attached hydrogens (primary N) is 1. The van der Waals surface area contributed by atoms with Crippen molar-refractivity contribution < 1.29 is 4.79 Å². The number of carbonyl (C=O) groups is 1. The van der Waals surface area contributed by atoms with E-state index in [0.29, 0.717) is 42.9 Å². The van der Waals surface area contributed by atoms with Crippen molar-refractivity contribution in [2.24, 2.45) is 5.92 Å². The molecule has 0 aliphatic heterocycles. The number of anilines is 1. The van der Waals surface area contributed by atoms with Gasteiger partial charge in [-0.05, 0) is 24.8 Å². The van der Waals surface area contributed by atoms with Crippen molar-refractivity contribution in [3.8, 4) is 6.07 Å². The minimum absolute atomic E-state index is 0.0162. The number of nitrogens with zero attached hydrogens (tertiary/aromatic N) is 3. The predicted molar refractivity (Wildman–Crippen MR) is 78.1 cm³/mol. The first-order chi connectivity index (χ1) is 9.52. The first-order valence-corrected chi connectivity index (χ1v) is 7.16. The molecule has 0 spiro atoms. The number of hydrogen-bond acceptors (Lipinski definition) is 3. The molecule has 0 atom stereocenters. The Labute approximate surface area is 120 Å². The van der Waals surface area contributed by atoms with Gasteiger partial charge in [-0.3, -0.25) is 4.79 Å². The summed E-state index contributed by atoms with van der Waals surface area (Å²) in [6, 6.07) is 4.28. The SMILES string of the molecule is CC(C)CN(CCC#N)C(=O)c1cc(N)cn1C1CC1. The van der Waals surface area contributed by atoms with E-state index >= 15 is 0 Å². The summed E-state index contributed by atoms with van der Waals surface area (Å²) in [5.41, 5.74) is 7.13. The normalized spacial score (nSPS) is 14.3. The Balaban J connectivity index is 2.19. The fraction of sp³-hybridized carbons (Fsp3) is 0.600. The maximum Gasteiger partial charge on any atom is 0.270 e. The summed E-state index contributed by atoms with van der Waals surface area (Å²) in [4.78, 5) is 14.5. The molecule has 5 nitrogen and oxygen atoms in total. The van der Waals surface area contributed by atoms with Crippen LogP contribution >= 0.6 is 0 Å². The van der Waals surface area contributed by atoms with E-state index < -0.39 is 0 Å². The van der Waals surface area contributed by atoms with Crippen molar-refractivity contribution >= 4 is 11.6 Å². The standard InChI is InChI=1S/C15H22N4O/c1-11(2)9-18(7-3-6-16)15(20)14-8-12(17)10-19(14)13-4-5-13/h8,10-11,13H,3-5,7,9,17H2,1-2H3. The van der Waals surface area contributed by atoms with Gasteiger partial charge in [-0.1, -0.05) is 13.8 Å². The molecule has 108 valence electrons. The highest BCUT2D eigenvalue weighted by molar-refractivity contribution is 5.94. The van der Waals surface area contributed by atoms with Gasteiger partial charge in [-0.2, -0.15) is 5.26 Å². The van der Waals surface area contributed by atoms with Crippen molar-refractivity contribution in [1.82, 2.24) is 9.47 Å². The third kappa shape index (κ3) is 3.32. The quantitative estimate of drug-likeness (QED) is 0.865. The fourth-order valence-electron chi connectivity index (χ4n) is 2.39. The van der Waals surface area contributed by atoms with Crippen LogP contribution in [-0.4, -0.2) is 28.5 Å². The Kier molecular flexibility index (Phi) is 4.33. The highest BCUT2D eigenvalue weighted by atomic mass is 16.2. The molecule has 20 heavy (non-hydrogen) atoms. The molecule has 1 aliphatic rings. The fourth-order valence-corrected chi connectivity index (χ4v) is 2.39. The van der Waals surface area contributed by atoms with Crippen LogP contribution in [0.4, 0.5) is 5.69 Å². The van der Waals surface area contributed by atoms with Crippen LogP contribution in [-0.2, 0) is 0 Å². The van der Waals surface area contributed by atoms with Gasteiger partial charge in [-0.25, -0.2) is 0 Å². The van der Waals surface area contributed by atoms with E-state index in [9.17, 15) is 4.79 Å². The van der Waals surface area contributed by atoms with Crippen molar-refractivity contribution in [2.75, 3.05) is 18.8 Å². The molecule has 1 aromatic heterocycles. The van der Waals surface area contributed by atoms with E-state index in [1.165, 1.54) is 0 Å². The Morgan fingerprint density at radius 1 is 1.60 bits per heavy atom. The van der Waals surface area contributed by atoms with E-state index in [1.807, 2.05) is 10.8 Å². The van der Waals surface area contributed by atoms with Gasteiger partial charge < -0.3 is 15.2 Å². The third-order valence-electron chi connectivity index (χ3n) is 3.40. The molecule has 0 saturated heterocycles. The zero-order valence-corrected chi connectivity index (χ0v) is 12.2. The number of nitriles is 1. The molecule has 0 aromatic carbocycles. The molecule has 1 aromatic rings. The molecular weight excluding hydrogens is 252 g/mol. The number of hydrogen-bond donors (Lipinski definition) is 1. The van der Waals surface area contributed by atoms with Crippen LogP contribution < -0.4 is 5.73 Å². The second kappa shape index (κ2) is 6.00. The van der Waals surface area contributed by atoms with Crippen LogP contribution in [0.25, 0.3) is 0 Å². The first kappa shape index (κ1) is 14.4. The summed E-state index contributed by atoms with van der Waals surface area (Å²) in [5.74, 6) is 0.358. The smallest absolute Gasteiger partial charge is 0.270 e. The van der Waals surface area contributed by atoms with Crippen molar-refractivity contribution in [3.05, 3.63) is 18.0 Å². The summed E-state index contributed by atoms with van der Waals surface area (Å²) >= 11 is 0. The number of nitrogen functional groups attached to an aromatic ring is 1. The van der Waals surface area contributed by atoms with Crippen molar-refractivity contribution in [3.63, 3.8) is 0 Å². The minimum atomic E-state index is -0.0162. The number of amides is 1. The highest BCUT2D eigenvalue weighted by Gasteiger charge is 2.29. The lowest BCUT2D eigenvalue weighted by atomic mass is 10.2. The van der Waals surface area contributed by atoms with Crippen LogP contribution in [0.3, 0.4) is 0 Å². The first-order valence-electron chi connectivity index (χ1n) is 7.16. The van der Waals surface area contributed by atoms with E-state index in [-0.39, 0.29) is 5.91 Å². The zero-order chi connectivity index (χ0) is 14.7. The molecule has 2 rings (SSSR count). The van der Waals surface area contributed by atoms with Gasteiger partial charge >= 0.3 is 0 Å². The topological polar surface area (TPSA) is 75.1 Å². The lowest BCUT2D eigenvalue weighted by Crippen LogP contribution is -2.36. The van der Waals surface area contributed by atoms with Crippen LogP contribution in [0, 0.1) is 17.2 Å². The van der Waals surface area contributed by atoms with Crippen molar-refractivity contribution in [2.45, 2.75) is 39.2 Å². The summed E-state index contributed by atoms with van der Waals surface area (Å²) in [5, 5.41) is 8.75. The lowest BCUT2D eigenvalue weighted by molar-refractivity contribution is 0.0729. The Hall–Kier alpha value is -1.96. The zero-order valence-electron chi connectivity index (χ0n) is 12.2. The Morgan fingerprint density at radius 3 is 2.85 bits per heavy atom. The Morgan fingerprint density at radius 2 is 2.30 bits per heavy atom. The van der Waals surface area contributed by atoms with Gasteiger partial charge in [0.25, 0.3) is 5.91 Å². The van der Waals surface area contributed by atoms with Crippen LogP contribution in [0.5, 0.6) is 0 Å². The summed E-state index contributed by atoms with van der Waals surface area (Å²) in [6.07, 6.45) is 4.42. The largest absolute Gasteiger partial charge is 0.397 e. The molecule has 0 unspecified atom stereocenters. The maximum atomic E-state index is 12.7. The van der Waals surface area contributed by atoms with Gasteiger partial charge in [0.1, 0.15) is 5.69 Å². The number of carbonyl (C=O) groups excluding carboxylic acids is 1. The molecule has 1 aliphatic carbocycles. The molecular formula is C15H22N4O. The van der Waals surface area contributed by atoms with Crippen molar-refractivity contribution in [1.29, 1.82) is 5.26 Å². The van der Waals surface area contributed by atoms with Crippen LogP contribution in [0.1, 0.15) is 49.6 Å². The van der Waals surface area contributed by atoms with E-state index in [4.69, 9.17) is 11.0 Å².